The lowest BCUT2D eigenvalue weighted by atomic mass is 9.87. The summed E-state index contributed by atoms with van der Waals surface area (Å²) in [6.45, 7) is 0. The van der Waals surface area contributed by atoms with Crippen molar-refractivity contribution < 1.29 is 58.9 Å². The molecule has 4 rings (SSSR count). The molecule has 214 valence electrons. The Bertz CT molecular complexity index is 1530. The van der Waals surface area contributed by atoms with E-state index in [2.05, 4.69) is 0 Å². The van der Waals surface area contributed by atoms with Gasteiger partial charge in [0.2, 0.25) is 6.10 Å². The van der Waals surface area contributed by atoms with Gasteiger partial charge < -0.3 is 44.5 Å². The van der Waals surface area contributed by atoms with Gasteiger partial charge in [0.05, 0.1) is 14.2 Å². The van der Waals surface area contributed by atoms with Crippen LogP contribution in [0.2, 0.25) is 0 Å². The van der Waals surface area contributed by atoms with Crippen molar-refractivity contribution in [3.63, 3.8) is 0 Å². The van der Waals surface area contributed by atoms with Crippen molar-refractivity contribution in [2.24, 2.45) is 0 Å². The molecule has 0 radical (unpaired) electrons. The summed E-state index contributed by atoms with van der Waals surface area (Å²) in [6.07, 6.45) is -0.290. The Morgan fingerprint density at radius 2 is 1.51 bits per heavy atom. The molecule has 3 atom stereocenters. The van der Waals surface area contributed by atoms with Gasteiger partial charge in [-0.05, 0) is 53.1 Å². The van der Waals surface area contributed by atoms with Crippen LogP contribution >= 0.6 is 0 Å². The summed E-state index contributed by atoms with van der Waals surface area (Å²) >= 11 is 0. The highest BCUT2D eigenvalue weighted by Gasteiger charge is 2.44. The van der Waals surface area contributed by atoms with Gasteiger partial charge in [0.15, 0.2) is 34.5 Å². The summed E-state index contributed by atoms with van der Waals surface area (Å²) in [6, 6.07) is 10.5. The van der Waals surface area contributed by atoms with Crippen LogP contribution in [0.15, 0.2) is 54.6 Å². The molecule has 5 N–H and O–H groups in total. The normalized spacial score (nSPS) is 16.4. The largest absolute Gasteiger partial charge is 0.504 e. The maximum Gasteiger partial charge on any atom is 0.347 e. The zero-order valence-corrected chi connectivity index (χ0v) is 21.8. The highest BCUT2D eigenvalue weighted by atomic mass is 16.6. The van der Waals surface area contributed by atoms with Crippen LogP contribution in [0, 0.1) is 0 Å². The summed E-state index contributed by atoms with van der Waals surface area (Å²) in [5.41, 5.74) is 1.17. The molecule has 0 unspecified atom stereocenters. The van der Waals surface area contributed by atoms with Gasteiger partial charge in [-0.1, -0.05) is 18.2 Å². The van der Waals surface area contributed by atoms with Gasteiger partial charge in [-0.25, -0.2) is 9.59 Å². The second-order valence-electron chi connectivity index (χ2n) is 9.01. The van der Waals surface area contributed by atoms with Crippen LogP contribution in [0.4, 0.5) is 0 Å². The quantitative estimate of drug-likeness (QED) is 0.116. The van der Waals surface area contributed by atoms with Crippen LogP contribution in [0.1, 0.15) is 34.3 Å². The number of aromatic hydroxyl groups is 5. The van der Waals surface area contributed by atoms with E-state index < -0.39 is 47.5 Å². The summed E-state index contributed by atoms with van der Waals surface area (Å²) < 4.78 is 20.9. The van der Waals surface area contributed by atoms with E-state index in [4.69, 9.17) is 18.9 Å². The molecule has 0 aromatic heterocycles. The van der Waals surface area contributed by atoms with Gasteiger partial charge in [0.25, 0.3) is 0 Å². The van der Waals surface area contributed by atoms with Crippen molar-refractivity contribution in [3.05, 3.63) is 76.9 Å². The fraction of sp³-hybridized carbons (Fsp3) is 0.207. The minimum absolute atomic E-state index is 0.0481. The number of hydrogen-bond acceptors (Lipinski definition) is 12. The first-order chi connectivity index (χ1) is 19.5. The number of phenols is 5. The van der Waals surface area contributed by atoms with Crippen LogP contribution in [-0.4, -0.2) is 63.8 Å². The molecule has 1 aliphatic rings. The third kappa shape index (κ3) is 5.96. The van der Waals surface area contributed by atoms with Crippen LogP contribution in [0.3, 0.4) is 0 Å². The highest BCUT2D eigenvalue weighted by Crippen LogP contribution is 2.52. The fourth-order valence-corrected chi connectivity index (χ4v) is 4.44. The van der Waals surface area contributed by atoms with Crippen LogP contribution < -0.4 is 4.74 Å². The fourth-order valence-electron chi connectivity index (χ4n) is 4.44. The first-order valence-corrected chi connectivity index (χ1v) is 12.1. The summed E-state index contributed by atoms with van der Waals surface area (Å²) in [5, 5.41) is 49.4. The van der Waals surface area contributed by atoms with E-state index >= 15 is 0 Å². The zero-order chi connectivity index (χ0) is 29.8. The van der Waals surface area contributed by atoms with E-state index in [1.807, 2.05) is 0 Å². The molecule has 1 aliphatic heterocycles. The molecule has 41 heavy (non-hydrogen) atoms. The molecule has 0 fully saturated rings. The Morgan fingerprint density at radius 3 is 2.15 bits per heavy atom. The minimum Gasteiger partial charge on any atom is -0.504 e. The first kappa shape index (κ1) is 28.6. The van der Waals surface area contributed by atoms with E-state index in [9.17, 15) is 39.9 Å². The predicted octanol–water partition coefficient (Wildman–Crippen LogP) is 2.95. The number of rotatable bonds is 8. The average molecular weight is 567 g/mol. The van der Waals surface area contributed by atoms with E-state index in [1.54, 1.807) is 0 Å². The Balaban J connectivity index is 1.62. The van der Waals surface area contributed by atoms with Gasteiger partial charge in [-0.3, -0.25) is 4.79 Å². The summed E-state index contributed by atoms with van der Waals surface area (Å²) in [5.74, 6) is -5.60. The van der Waals surface area contributed by atoms with Gasteiger partial charge in [-0.2, -0.15) is 0 Å². The molecule has 12 heteroatoms. The topological polar surface area (TPSA) is 189 Å². The maximum atomic E-state index is 12.9. The minimum atomic E-state index is -1.38. The lowest BCUT2D eigenvalue weighted by molar-refractivity contribution is -0.162. The molecular weight excluding hydrogens is 540 g/mol. The van der Waals surface area contributed by atoms with Crippen molar-refractivity contribution >= 4 is 24.0 Å². The zero-order valence-electron chi connectivity index (χ0n) is 21.8. The number of phenolic OH excluding ortho intramolecular Hbond substituents is 5. The number of fused-ring (bicyclic) bond motifs is 1. The van der Waals surface area contributed by atoms with Gasteiger partial charge in [0, 0.05) is 18.1 Å². The SMILES string of the molecule is COC(=O)[C@H](Cc1ccc(O)c(O)c1)OC(=O)C=Cc1ccc(O)c2c1[C@@H](C(=O)OC)[C@H](c1ccc(O)c(O)c1)O2. The van der Waals surface area contributed by atoms with Crippen LogP contribution in [0.5, 0.6) is 34.5 Å². The highest BCUT2D eigenvalue weighted by molar-refractivity contribution is 5.91. The smallest absolute Gasteiger partial charge is 0.347 e. The number of benzene rings is 3. The lowest BCUT2D eigenvalue weighted by Crippen LogP contribution is -2.30. The standard InChI is InChI=1S/C29H26O12/c1-38-28(36)22(12-14-3-7-17(30)20(33)11-14)40-23(35)10-6-15-4-9-19(32)27-24(15)25(29(37)39-2)26(41-27)16-5-8-18(31)21(34)13-16/h3-11,13,22,25-26,30-34H,12H2,1-2H3/t22-,25+,26-/m0/s1. The third-order valence-corrected chi connectivity index (χ3v) is 6.43. The average Bonchev–Trinajstić information content (AvgIpc) is 3.36. The molecular formula is C29H26O12. The van der Waals surface area contributed by atoms with Crippen molar-refractivity contribution in [3.8, 4) is 34.5 Å². The van der Waals surface area contributed by atoms with Crippen LogP contribution in [-0.2, 0) is 35.0 Å². The Labute approximate surface area is 233 Å². The number of ether oxygens (including phenoxy) is 4. The van der Waals surface area contributed by atoms with Crippen molar-refractivity contribution in [2.45, 2.75) is 24.5 Å². The first-order valence-electron chi connectivity index (χ1n) is 12.1. The van der Waals surface area contributed by atoms with E-state index in [1.165, 1.54) is 61.7 Å². The van der Waals surface area contributed by atoms with Crippen LogP contribution in [0.25, 0.3) is 6.08 Å². The molecule has 0 saturated heterocycles. The van der Waals surface area contributed by atoms with E-state index in [0.29, 0.717) is 11.1 Å². The molecule has 0 spiro atoms. The molecule has 0 saturated carbocycles. The lowest BCUT2D eigenvalue weighted by Gasteiger charge is -2.18. The Morgan fingerprint density at radius 1 is 0.854 bits per heavy atom. The molecule has 0 bridgehead atoms. The van der Waals surface area contributed by atoms with E-state index in [-0.39, 0.29) is 40.5 Å². The second kappa shape index (κ2) is 11.8. The molecule has 1 heterocycles. The second-order valence-corrected chi connectivity index (χ2v) is 9.01. The van der Waals surface area contributed by atoms with E-state index in [0.717, 1.165) is 13.2 Å². The number of carbonyl (C=O) groups excluding carboxylic acids is 3. The number of methoxy groups -OCH3 is 2. The molecule has 0 amide bonds. The third-order valence-electron chi connectivity index (χ3n) is 6.43. The van der Waals surface area contributed by atoms with Crippen molar-refractivity contribution in [2.75, 3.05) is 14.2 Å². The predicted molar refractivity (Wildman–Crippen MR) is 140 cm³/mol. The number of esters is 3. The summed E-state index contributed by atoms with van der Waals surface area (Å²) in [7, 11) is 2.28. The van der Waals surface area contributed by atoms with Crippen molar-refractivity contribution in [1.29, 1.82) is 0 Å². The number of hydrogen-bond donors (Lipinski definition) is 5. The molecule has 0 aliphatic carbocycles. The molecule has 3 aromatic carbocycles. The monoisotopic (exact) mass is 566 g/mol. The Hall–Kier alpha value is -5.39. The van der Waals surface area contributed by atoms with Gasteiger partial charge in [0.1, 0.15) is 12.0 Å². The Kier molecular flexibility index (Phi) is 8.22. The van der Waals surface area contributed by atoms with Gasteiger partial charge >= 0.3 is 17.9 Å². The number of carbonyl (C=O) groups is 3. The maximum absolute atomic E-state index is 12.9. The summed E-state index contributed by atoms with van der Waals surface area (Å²) in [4.78, 5) is 37.9. The van der Waals surface area contributed by atoms with Gasteiger partial charge in [-0.15, -0.1) is 0 Å². The van der Waals surface area contributed by atoms with Crippen molar-refractivity contribution in [1.82, 2.24) is 0 Å². The molecule has 3 aromatic rings. The molecule has 12 nitrogen and oxygen atoms in total.